The Morgan fingerprint density at radius 2 is 2.09 bits per heavy atom. The Hall–Kier alpha value is -0.920. The van der Waals surface area contributed by atoms with Crippen molar-refractivity contribution in [3.63, 3.8) is 0 Å². The van der Waals surface area contributed by atoms with E-state index in [1.807, 2.05) is 36.2 Å². The van der Waals surface area contributed by atoms with Gasteiger partial charge in [-0.1, -0.05) is 34.1 Å². The third-order valence-electron chi connectivity index (χ3n) is 3.76. The third-order valence-corrected chi connectivity index (χ3v) is 6.43. The van der Waals surface area contributed by atoms with E-state index in [0.29, 0.717) is 13.0 Å². The van der Waals surface area contributed by atoms with Crippen molar-refractivity contribution in [1.29, 1.82) is 0 Å². The van der Waals surface area contributed by atoms with E-state index in [-0.39, 0.29) is 24.0 Å². The Balaban J connectivity index is 1.88. The lowest BCUT2D eigenvalue weighted by molar-refractivity contribution is -0.123. The highest BCUT2D eigenvalue weighted by Crippen LogP contribution is 2.22. The lowest BCUT2D eigenvalue weighted by atomic mass is 10.0. The SMILES string of the molecule is CN(CC(=O)N[C@]1(C)CCS(=O)(=O)C1)Cc1ccccc1Br. The van der Waals surface area contributed by atoms with Gasteiger partial charge in [-0.3, -0.25) is 9.69 Å². The molecule has 0 aliphatic carbocycles. The van der Waals surface area contributed by atoms with Crippen LogP contribution < -0.4 is 5.32 Å². The van der Waals surface area contributed by atoms with Gasteiger partial charge in [-0.05, 0) is 32.0 Å². The summed E-state index contributed by atoms with van der Waals surface area (Å²) in [6.07, 6.45) is 0.481. The van der Waals surface area contributed by atoms with Gasteiger partial charge in [0.15, 0.2) is 9.84 Å². The van der Waals surface area contributed by atoms with Crippen LogP contribution in [0.5, 0.6) is 0 Å². The number of nitrogens with zero attached hydrogens (tertiary/aromatic N) is 1. The molecule has 1 N–H and O–H groups in total. The second-order valence-corrected chi connectivity index (χ2v) is 9.25. The Kier molecular flexibility index (Phi) is 5.29. The van der Waals surface area contributed by atoms with Crippen LogP contribution in [-0.2, 0) is 21.2 Å². The summed E-state index contributed by atoms with van der Waals surface area (Å²) in [6, 6.07) is 7.87. The van der Waals surface area contributed by atoms with Crippen LogP contribution in [0.25, 0.3) is 0 Å². The molecular formula is C15H21BrN2O3S. The number of sulfone groups is 1. The van der Waals surface area contributed by atoms with Crippen LogP contribution in [0.3, 0.4) is 0 Å². The first-order valence-corrected chi connectivity index (χ1v) is 9.74. The van der Waals surface area contributed by atoms with E-state index in [2.05, 4.69) is 21.2 Å². The molecule has 1 aliphatic rings. The zero-order valence-electron chi connectivity index (χ0n) is 12.8. The number of halogens is 1. The minimum absolute atomic E-state index is 0.0275. The van der Waals surface area contributed by atoms with Crippen LogP contribution in [0.4, 0.5) is 0 Å². The van der Waals surface area contributed by atoms with Crippen molar-refractivity contribution < 1.29 is 13.2 Å². The standard InChI is InChI=1S/C15H21BrN2O3S/c1-15(7-8-22(20,21)11-15)17-14(19)10-18(2)9-12-5-3-4-6-13(12)16/h3-6H,7-11H2,1-2H3,(H,17,19)/t15-/m1/s1. The molecule has 0 unspecified atom stereocenters. The maximum Gasteiger partial charge on any atom is 0.234 e. The van der Waals surface area contributed by atoms with Crippen molar-refractivity contribution in [3.8, 4) is 0 Å². The number of hydrogen-bond acceptors (Lipinski definition) is 4. The molecule has 0 bridgehead atoms. The minimum atomic E-state index is -3.02. The number of carbonyl (C=O) groups excluding carboxylic acids is 1. The van der Waals surface area contributed by atoms with Gasteiger partial charge >= 0.3 is 0 Å². The quantitative estimate of drug-likeness (QED) is 0.831. The topological polar surface area (TPSA) is 66.5 Å². The van der Waals surface area contributed by atoms with Gasteiger partial charge in [0.25, 0.3) is 0 Å². The van der Waals surface area contributed by atoms with Crippen molar-refractivity contribution in [2.24, 2.45) is 0 Å². The van der Waals surface area contributed by atoms with E-state index in [1.165, 1.54) is 0 Å². The van der Waals surface area contributed by atoms with E-state index in [0.717, 1.165) is 10.0 Å². The van der Waals surface area contributed by atoms with Crippen molar-refractivity contribution in [2.45, 2.75) is 25.4 Å². The normalized spacial score (nSPS) is 23.6. The van der Waals surface area contributed by atoms with Crippen molar-refractivity contribution >= 4 is 31.7 Å². The molecule has 1 aliphatic heterocycles. The van der Waals surface area contributed by atoms with E-state index in [1.54, 1.807) is 6.92 Å². The molecule has 5 nitrogen and oxygen atoms in total. The second-order valence-electron chi connectivity index (χ2n) is 6.21. The average molecular weight is 389 g/mol. The molecule has 1 heterocycles. The van der Waals surface area contributed by atoms with Gasteiger partial charge in [-0.15, -0.1) is 0 Å². The molecule has 122 valence electrons. The number of nitrogens with one attached hydrogen (secondary N) is 1. The van der Waals surface area contributed by atoms with Gasteiger partial charge in [-0.2, -0.15) is 0 Å². The molecule has 1 fully saturated rings. The van der Waals surface area contributed by atoms with E-state index < -0.39 is 15.4 Å². The summed E-state index contributed by atoms with van der Waals surface area (Å²) < 4.78 is 24.1. The Morgan fingerprint density at radius 3 is 2.68 bits per heavy atom. The first kappa shape index (κ1) is 17.4. The minimum Gasteiger partial charge on any atom is -0.349 e. The predicted octanol–water partition coefficient (Wildman–Crippen LogP) is 1.57. The van der Waals surface area contributed by atoms with Crippen molar-refractivity contribution in [1.82, 2.24) is 10.2 Å². The molecule has 0 aromatic heterocycles. The van der Waals surface area contributed by atoms with Gasteiger partial charge in [-0.25, -0.2) is 8.42 Å². The fourth-order valence-electron chi connectivity index (χ4n) is 2.70. The lowest BCUT2D eigenvalue weighted by Crippen LogP contribution is -2.49. The molecule has 1 aromatic rings. The number of hydrogen-bond donors (Lipinski definition) is 1. The van der Waals surface area contributed by atoms with Crippen molar-refractivity contribution in [2.75, 3.05) is 25.1 Å². The molecule has 0 spiro atoms. The monoisotopic (exact) mass is 388 g/mol. The van der Waals surface area contributed by atoms with Crippen LogP contribution in [0.1, 0.15) is 18.9 Å². The van der Waals surface area contributed by atoms with E-state index >= 15 is 0 Å². The van der Waals surface area contributed by atoms with Crippen LogP contribution in [0.15, 0.2) is 28.7 Å². The highest BCUT2D eigenvalue weighted by molar-refractivity contribution is 9.10. The lowest BCUT2D eigenvalue weighted by Gasteiger charge is -2.26. The van der Waals surface area contributed by atoms with Gasteiger partial charge in [0.2, 0.25) is 5.91 Å². The molecular weight excluding hydrogens is 368 g/mol. The molecule has 0 saturated carbocycles. The zero-order valence-corrected chi connectivity index (χ0v) is 15.2. The maximum atomic E-state index is 12.1. The number of benzene rings is 1. The molecule has 1 saturated heterocycles. The molecule has 0 radical (unpaired) electrons. The third kappa shape index (κ3) is 4.79. The van der Waals surface area contributed by atoms with Crippen LogP contribution in [0.2, 0.25) is 0 Å². The summed E-state index contributed by atoms with van der Waals surface area (Å²) in [6.45, 7) is 2.67. The first-order valence-electron chi connectivity index (χ1n) is 7.13. The van der Waals surface area contributed by atoms with Crippen LogP contribution >= 0.6 is 15.9 Å². The summed E-state index contributed by atoms with van der Waals surface area (Å²) in [5, 5.41) is 2.87. The summed E-state index contributed by atoms with van der Waals surface area (Å²) in [5.74, 6) is 0.0326. The smallest absolute Gasteiger partial charge is 0.234 e. The summed E-state index contributed by atoms with van der Waals surface area (Å²) in [7, 11) is -1.15. The van der Waals surface area contributed by atoms with Crippen LogP contribution in [0, 0.1) is 0 Å². The van der Waals surface area contributed by atoms with Crippen molar-refractivity contribution in [3.05, 3.63) is 34.3 Å². The van der Waals surface area contributed by atoms with E-state index in [4.69, 9.17) is 0 Å². The summed E-state index contributed by atoms with van der Waals surface area (Å²) in [5.41, 5.74) is 0.469. The molecule has 22 heavy (non-hydrogen) atoms. The highest BCUT2D eigenvalue weighted by atomic mass is 79.9. The van der Waals surface area contributed by atoms with Gasteiger partial charge in [0, 0.05) is 11.0 Å². The Labute approximate surface area is 140 Å². The van der Waals surface area contributed by atoms with Gasteiger partial charge in [0.1, 0.15) is 0 Å². The first-order chi connectivity index (χ1) is 10.2. The van der Waals surface area contributed by atoms with E-state index in [9.17, 15) is 13.2 Å². The molecule has 1 aromatic carbocycles. The second kappa shape index (κ2) is 6.68. The Morgan fingerprint density at radius 1 is 1.41 bits per heavy atom. The summed E-state index contributed by atoms with van der Waals surface area (Å²) in [4.78, 5) is 14.0. The zero-order chi connectivity index (χ0) is 16.4. The molecule has 1 atom stereocenters. The van der Waals surface area contributed by atoms with Crippen LogP contribution in [-0.4, -0.2) is 49.9 Å². The molecule has 7 heteroatoms. The Bertz CT molecular complexity index is 663. The van der Waals surface area contributed by atoms with Gasteiger partial charge < -0.3 is 5.32 Å². The number of carbonyl (C=O) groups is 1. The van der Waals surface area contributed by atoms with Gasteiger partial charge in [0.05, 0.1) is 23.6 Å². The largest absolute Gasteiger partial charge is 0.349 e. The highest BCUT2D eigenvalue weighted by Gasteiger charge is 2.39. The summed E-state index contributed by atoms with van der Waals surface area (Å²) >= 11 is 3.49. The fourth-order valence-corrected chi connectivity index (χ4v) is 5.21. The number of rotatable bonds is 5. The maximum absolute atomic E-state index is 12.1. The number of amides is 1. The number of likely N-dealkylation sites (N-methyl/N-ethyl adjacent to an activating group) is 1. The average Bonchev–Trinajstić information content (AvgIpc) is 2.65. The molecule has 2 rings (SSSR count). The predicted molar refractivity (Wildman–Crippen MR) is 90.3 cm³/mol. The molecule has 1 amide bonds. The fraction of sp³-hybridized carbons (Fsp3) is 0.533.